The van der Waals surface area contributed by atoms with Crippen molar-refractivity contribution in [2.75, 3.05) is 63.7 Å². The predicted molar refractivity (Wildman–Crippen MR) is 140 cm³/mol. The highest BCUT2D eigenvalue weighted by Crippen LogP contribution is 2.27. The lowest BCUT2D eigenvalue weighted by Gasteiger charge is -2.27. The first-order valence-electron chi connectivity index (χ1n) is 12.8. The molecule has 0 amide bonds. The second kappa shape index (κ2) is 11.9. The Hall–Kier alpha value is -2.92. The summed E-state index contributed by atoms with van der Waals surface area (Å²) in [5.41, 5.74) is 2.83. The molecule has 192 valence electrons. The summed E-state index contributed by atoms with van der Waals surface area (Å²) in [5.74, 6) is 2.52. The monoisotopic (exact) mass is 492 g/mol. The summed E-state index contributed by atoms with van der Waals surface area (Å²) in [4.78, 5) is 21.2. The summed E-state index contributed by atoms with van der Waals surface area (Å²) < 4.78 is 11.0. The smallest absolute Gasteiger partial charge is 0.229 e. The lowest BCUT2D eigenvalue weighted by Crippen LogP contribution is -2.42. The molecular weight excluding hydrogens is 456 g/mol. The van der Waals surface area contributed by atoms with Gasteiger partial charge in [0.1, 0.15) is 11.3 Å². The number of nitrogens with zero attached hydrogens (tertiary/aromatic N) is 5. The zero-order valence-electron chi connectivity index (χ0n) is 21.2. The van der Waals surface area contributed by atoms with Gasteiger partial charge in [-0.2, -0.15) is 0 Å². The Bertz CT molecular complexity index is 1130. The van der Waals surface area contributed by atoms with Crippen molar-refractivity contribution in [3.05, 3.63) is 41.9 Å². The van der Waals surface area contributed by atoms with Gasteiger partial charge in [0.15, 0.2) is 5.82 Å². The minimum atomic E-state index is -0.125. The van der Waals surface area contributed by atoms with E-state index < -0.39 is 0 Å². The highest BCUT2D eigenvalue weighted by Gasteiger charge is 2.17. The SMILES string of the molecule is COC(C)c1cc2cnc(Nc3ccc(CN4CCNCC4)cn3)nc2c(NCC2CCOCC2)n1. The molecule has 36 heavy (non-hydrogen) atoms. The van der Waals surface area contributed by atoms with Crippen LogP contribution in [-0.4, -0.2) is 77.9 Å². The van der Waals surface area contributed by atoms with Crippen molar-refractivity contribution in [3.63, 3.8) is 0 Å². The Morgan fingerprint density at radius 3 is 2.72 bits per heavy atom. The van der Waals surface area contributed by atoms with Gasteiger partial charge in [0.05, 0.1) is 11.8 Å². The first-order valence-corrected chi connectivity index (χ1v) is 12.8. The lowest BCUT2D eigenvalue weighted by atomic mass is 10.0. The van der Waals surface area contributed by atoms with Crippen molar-refractivity contribution < 1.29 is 9.47 Å². The van der Waals surface area contributed by atoms with Gasteiger partial charge in [0.25, 0.3) is 0 Å². The number of pyridine rings is 2. The minimum absolute atomic E-state index is 0.125. The van der Waals surface area contributed by atoms with Crippen molar-refractivity contribution in [1.82, 2.24) is 30.2 Å². The van der Waals surface area contributed by atoms with Crippen LogP contribution in [0.25, 0.3) is 10.9 Å². The van der Waals surface area contributed by atoms with E-state index in [4.69, 9.17) is 19.4 Å². The van der Waals surface area contributed by atoms with E-state index in [0.717, 1.165) is 87.7 Å². The maximum absolute atomic E-state index is 5.52. The molecule has 0 spiro atoms. The fourth-order valence-electron chi connectivity index (χ4n) is 4.60. The number of hydrogen-bond donors (Lipinski definition) is 3. The number of fused-ring (bicyclic) bond motifs is 1. The summed E-state index contributed by atoms with van der Waals surface area (Å²) in [6.07, 6.45) is 5.73. The Kier molecular flexibility index (Phi) is 8.17. The third-order valence-electron chi connectivity index (χ3n) is 6.94. The van der Waals surface area contributed by atoms with Crippen LogP contribution in [0.5, 0.6) is 0 Å². The van der Waals surface area contributed by atoms with Crippen LogP contribution in [0, 0.1) is 5.92 Å². The Balaban J connectivity index is 1.33. The number of rotatable bonds is 9. The molecule has 2 aliphatic rings. The summed E-state index contributed by atoms with van der Waals surface area (Å²) in [7, 11) is 1.69. The van der Waals surface area contributed by atoms with Crippen molar-refractivity contribution in [3.8, 4) is 0 Å². The number of piperazine rings is 1. The molecule has 1 unspecified atom stereocenters. The molecule has 0 saturated carbocycles. The van der Waals surface area contributed by atoms with Gasteiger partial charge in [-0.3, -0.25) is 4.90 Å². The molecule has 0 aliphatic carbocycles. The van der Waals surface area contributed by atoms with Crippen LogP contribution >= 0.6 is 0 Å². The van der Waals surface area contributed by atoms with E-state index in [0.29, 0.717) is 17.7 Å². The Morgan fingerprint density at radius 2 is 1.97 bits per heavy atom. The van der Waals surface area contributed by atoms with Crippen molar-refractivity contribution in [2.24, 2.45) is 5.92 Å². The second-order valence-electron chi connectivity index (χ2n) is 9.54. The summed E-state index contributed by atoms with van der Waals surface area (Å²) in [6, 6.07) is 6.09. The van der Waals surface area contributed by atoms with Crippen LogP contribution in [-0.2, 0) is 16.0 Å². The van der Waals surface area contributed by atoms with Gasteiger partial charge in [0.2, 0.25) is 5.95 Å². The maximum atomic E-state index is 5.52. The first-order chi connectivity index (χ1) is 17.7. The molecule has 10 nitrogen and oxygen atoms in total. The molecule has 5 rings (SSSR count). The summed E-state index contributed by atoms with van der Waals surface area (Å²) in [6.45, 7) is 9.58. The average Bonchev–Trinajstić information content (AvgIpc) is 2.93. The third-order valence-corrected chi connectivity index (χ3v) is 6.94. The van der Waals surface area contributed by atoms with E-state index >= 15 is 0 Å². The summed E-state index contributed by atoms with van der Waals surface area (Å²) in [5, 5.41) is 11.1. The largest absolute Gasteiger partial charge is 0.381 e. The van der Waals surface area contributed by atoms with Crippen LogP contribution in [0.2, 0.25) is 0 Å². The van der Waals surface area contributed by atoms with E-state index in [1.807, 2.05) is 31.5 Å². The van der Waals surface area contributed by atoms with Crippen molar-refractivity contribution >= 4 is 28.5 Å². The van der Waals surface area contributed by atoms with E-state index in [9.17, 15) is 0 Å². The molecule has 10 heteroatoms. The van der Waals surface area contributed by atoms with Gasteiger partial charge >= 0.3 is 0 Å². The topological polar surface area (TPSA) is 109 Å². The standard InChI is InChI=1S/C26H36N8O2/c1-18(35-2)22-13-21-16-30-26(33-24(21)25(31-22)29-14-19-5-11-36-12-6-19)32-23-4-3-20(15-28-23)17-34-9-7-27-8-10-34/h3-4,13,15-16,18-19,27H,5-12,14,17H2,1-2H3,(H,29,31)(H,28,30,32,33). The van der Waals surface area contributed by atoms with Crippen LogP contribution in [0.15, 0.2) is 30.6 Å². The molecule has 0 bridgehead atoms. The van der Waals surface area contributed by atoms with Gasteiger partial charge < -0.3 is 25.4 Å². The van der Waals surface area contributed by atoms with Gasteiger partial charge in [-0.15, -0.1) is 0 Å². The highest BCUT2D eigenvalue weighted by atomic mass is 16.5. The van der Waals surface area contributed by atoms with Crippen LogP contribution in [0.1, 0.15) is 37.1 Å². The zero-order valence-corrected chi connectivity index (χ0v) is 21.2. The fourth-order valence-corrected chi connectivity index (χ4v) is 4.60. The predicted octanol–water partition coefficient (Wildman–Crippen LogP) is 3.11. The van der Waals surface area contributed by atoms with Gasteiger partial charge in [-0.05, 0) is 43.4 Å². The minimum Gasteiger partial charge on any atom is -0.381 e. The molecule has 0 aromatic carbocycles. The Labute approximate surface area is 212 Å². The molecule has 2 aliphatic heterocycles. The molecular formula is C26H36N8O2. The van der Waals surface area contributed by atoms with Crippen molar-refractivity contribution in [1.29, 1.82) is 0 Å². The normalized spacial score (nSPS) is 18.3. The second-order valence-corrected chi connectivity index (χ2v) is 9.54. The zero-order chi connectivity index (χ0) is 24.7. The van der Waals surface area contributed by atoms with Crippen LogP contribution < -0.4 is 16.0 Å². The average molecular weight is 493 g/mol. The van der Waals surface area contributed by atoms with Gasteiger partial charge in [-0.1, -0.05) is 6.07 Å². The molecule has 0 radical (unpaired) electrons. The van der Waals surface area contributed by atoms with E-state index in [-0.39, 0.29) is 6.10 Å². The number of anilines is 3. The van der Waals surface area contributed by atoms with Gasteiger partial charge in [-0.25, -0.2) is 19.9 Å². The molecule has 5 heterocycles. The molecule has 2 saturated heterocycles. The molecule has 1 atom stereocenters. The van der Waals surface area contributed by atoms with Gasteiger partial charge in [0, 0.05) is 77.4 Å². The third kappa shape index (κ3) is 6.25. The number of aromatic nitrogens is 4. The van der Waals surface area contributed by atoms with Crippen LogP contribution in [0.4, 0.5) is 17.6 Å². The number of methoxy groups -OCH3 is 1. The van der Waals surface area contributed by atoms with Crippen LogP contribution in [0.3, 0.4) is 0 Å². The van der Waals surface area contributed by atoms with E-state index in [2.05, 4.69) is 36.9 Å². The highest BCUT2D eigenvalue weighted by molar-refractivity contribution is 5.89. The lowest BCUT2D eigenvalue weighted by molar-refractivity contribution is 0.0699. The molecule has 3 aromatic rings. The first kappa shape index (κ1) is 24.8. The molecule has 3 aromatic heterocycles. The fraction of sp³-hybridized carbons (Fsp3) is 0.538. The number of nitrogens with one attached hydrogen (secondary N) is 3. The quantitative estimate of drug-likeness (QED) is 0.412. The number of ether oxygens (including phenoxy) is 2. The number of hydrogen-bond acceptors (Lipinski definition) is 10. The van der Waals surface area contributed by atoms with E-state index in [1.54, 1.807) is 7.11 Å². The maximum Gasteiger partial charge on any atom is 0.229 e. The molecule has 3 N–H and O–H groups in total. The van der Waals surface area contributed by atoms with Crippen molar-refractivity contribution in [2.45, 2.75) is 32.4 Å². The molecule has 2 fully saturated rings. The summed E-state index contributed by atoms with van der Waals surface area (Å²) >= 11 is 0. The Morgan fingerprint density at radius 1 is 1.14 bits per heavy atom. The van der Waals surface area contributed by atoms with E-state index in [1.165, 1.54) is 5.56 Å².